The fourth-order valence-electron chi connectivity index (χ4n) is 3.18. The lowest BCUT2D eigenvalue weighted by Crippen LogP contribution is -2.14. The van der Waals surface area contributed by atoms with E-state index in [-0.39, 0.29) is 21.2 Å². The molecule has 0 aliphatic rings. The zero-order valence-electron chi connectivity index (χ0n) is 16.3. The van der Waals surface area contributed by atoms with Crippen molar-refractivity contribution in [3.8, 4) is 0 Å². The molecule has 1 N–H and O–H groups in total. The summed E-state index contributed by atoms with van der Waals surface area (Å²) in [5.41, 5.74) is 2.13. The van der Waals surface area contributed by atoms with Gasteiger partial charge in [0, 0.05) is 16.3 Å². The number of nitrogens with zero attached hydrogens (tertiary/aromatic N) is 1. The molecule has 0 radical (unpaired) electrons. The molecule has 4 aromatic rings. The van der Waals surface area contributed by atoms with E-state index >= 15 is 0 Å². The van der Waals surface area contributed by atoms with Gasteiger partial charge < -0.3 is 0 Å². The average molecular weight is 473 g/mol. The Hall–Kier alpha value is -2.94. The molecular formula is C22H17ClN2O4S2. The van der Waals surface area contributed by atoms with Crippen LogP contribution in [-0.4, -0.2) is 18.8 Å². The van der Waals surface area contributed by atoms with Crippen LogP contribution in [0.25, 0.3) is 10.2 Å². The molecule has 3 aromatic carbocycles. The van der Waals surface area contributed by atoms with Crippen LogP contribution in [0.15, 0.2) is 76.4 Å². The summed E-state index contributed by atoms with van der Waals surface area (Å²) in [6.45, 7) is 1.71. The molecule has 0 unspecified atom stereocenters. The maximum Gasteiger partial charge on any atom is 0.308 e. The monoisotopic (exact) mass is 472 g/mol. The van der Waals surface area contributed by atoms with E-state index in [2.05, 4.69) is 4.72 Å². The summed E-state index contributed by atoms with van der Waals surface area (Å²) in [6, 6.07) is 18.1. The van der Waals surface area contributed by atoms with Gasteiger partial charge in [-0.05, 0) is 48.9 Å². The van der Waals surface area contributed by atoms with Crippen LogP contribution in [0, 0.1) is 0 Å². The summed E-state index contributed by atoms with van der Waals surface area (Å²) in [5, 5.41) is 0.560. The maximum absolute atomic E-state index is 12.9. The molecule has 0 saturated heterocycles. The summed E-state index contributed by atoms with van der Waals surface area (Å²) in [6.07, 6.45) is 0. The Balaban J connectivity index is 1.68. The van der Waals surface area contributed by atoms with E-state index < -0.39 is 10.0 Å². The molecule has 1 heterocycles. The topological polar surface area (TPSA) is 85.2 Å². The molecule has 0 spiro atoms. The largest absolute Gasteiger partial charge is 0.308 e. The van der Waals surface area contributed by atoms with Crippen LogP contribution in [0.3, 0.4) is 0 Å². The molecule has 4 rings (SSSR count). The summed E-state index contributed by atoms with van der Waals surface area (Å²) >= 11 is 7.19. The number of nitrogens with one attached hydrogen (secondary N) is 1. The highest BCUT2D eigenvalue weighted by atomic mass is 35.5. The highest BCUT2D eigenvalue weighted by Crippen LogP contribution is 2.25. The Morgan fingerprint density at radius 2 is 1.84 bits per heavy atom. The van der Waals surface area contributed by atoms with Crippen LogP contribution in [0.5, 0.6) is 0 Å². The van der Waals surface area contributed by atoms with E-state index in [4.69, 9.17) is 11.6 Å². The Bertz CT molecular complexity index is 1470. The Labute approximate surface area is 187 Å². The van der Waals surface area contributed by atoms with Gasteiger partial charge in [-0.2, -0.15) is 0 Å². The van der Waals surface area contributed by atoms with Gasteiger partial charge in [-0.25, -0.2) is 8.42 Å². The number of Topliss-reactive ketones (excluding diaryl/α,β-unsaturated/α-hetero) is 1. The van der Waals surface area contributed by atoms with Crippen LogP contribution < -0.4 is 9.60 Å². The zero-order chi connectivity index (χ0) is 22.2. The number of thiazole rings is 1. The summed E-state index contributed by atoms with van der Waals surface area (Å²) in [7, 11) is -3.90. The molecule has 0 aliphatic heterocycles. The first-order valence-electron chi connectivity index (χ1n) is 9.25. The highest BCUT2D eigenvalue weighted by molar-refractivity contribution is 7.92. The Kier molecular flexibility index (Phi) is 5.70. The van der Waals surface area contributed by atoms with Crippen molar-refractivity contribution >= 4 is 54.6 Å². The van der Waals surface area contributed by atoms with E-state index in [1.807, 2.05) is 18.2 Å². The molecule has 0 bridgehead atoms. The first-order chi connectivity index (χ1) is 14.7. The minimum Gasteiger partial charge on any atom is -0.295 e. The molecule has 1 aromatic heterocycles. The second kappa shape index (κ2) is 8.30. The number of carbonyl (C=O) groups is 1. The van der Waals surface area contributed by atoms with Crippen LogP contribution in [-0.2, 0) is 16.6 Å². The van der Waals surface area contributed by atoms with E-state index in [1.165, 1.54) is 25.1 Å². The summed E-state index contributed by atoms with van der Waals surface area (Å²) in [5.74, 6) is -0.160. The number of sulfonamides is 1. The maximum atomic E-state index is 12.9. The van der Waals surface area contributed by atoms with Crippen molar-refractivity contribution in [1.29, 1.82) is 0 Å². The van der Waals surface area contributed by atoms with Gasteiger partial charge in [0.1, 0.15) is 0 Å². The van der Waals surface area contributed by atoms with Gasteiger partial charge in [0.2, 0.25) is 0 Å². The standard InChI is InChI=1S/C22H17ClN2O4S2/c1-14(26)15-6-4-7-17(11-15)24-31(28,29)18-9-10-20-21(12-18)30-22(27)25(20)13-16-5-2-3-8-19(16)23/h2-12,24H,13H2,1H3. The fraction of sp³-hybridized carbons (Fsp3) is 0.0909. The average Bonchev–Trinajstić information content (AvgIpc) is 3.04. The van der Waals surface area contributed by atoms with Crippen molar-refractivity contribution in [3.63, 3.8) is 0 Å². The number of ketones is 1. The van der Waals surface area contributed by atoms with E-state index in [9.17, 15) is 18.0 Å². The Morgan fingerprint density at radius 1 is 1.06 bits per heavy atom. The summed E-state index contributed by atoms with van der Waals surface area (Å²) in [4.78, 5) is 23.9. The molecule has 0 amide bonds. The fourth-order valence-corrected chi connectivity index (χ4v) is 5.45. The number of hydrogen-bond acceptors (Lipinski definition) is 5. The number of benzene rings is 3. The second-order valence-electron chi connectivity index (χ2n) is 6.92. The number of carbonyl (C=O) groups excluding carboxylic acids is 1. The van der Waals surface area contributed by atoms with Gasteiger partial charge in [-0.3, -0.25) is 18.9 Å². The molecule has 0 saturated carbocycles. The van der Waals surface area contributed by atoms with Crippen molar-refractivity contribution in [2.45, 2.75) is 18.4 Å². The smallest absolute Gasteiger partial charge is 0.295 e. The lowest BCUT2D eigenvalue weighted by Gasteiger charge is -2.10. The molecule has 0 fully saturated rings. The van der Waals surface area contributed by atoms with Crippen LogP contribution in [0.4, 0.5) is 5.69 Å². The molecule has 158 valence electrons. The SMILES string of the molecule is CC(=O)c1cccc(NS(=O)(=O)c2ccc3c(c2)sc(=O)n3Cc2ccccc2Cl)c1. The normalized spacial score (nSPS) is 11.5. The first-order valence-corrected chi connectivity index (χ1v) is 11.9. The molecule has 0 atom stereocenters. The zero-order valence-corrected chi connectivity index (χ0v) is 18.7. The number of anilines is 1. The van der Waals surface area contributed by atoms with E-state index in [0.717, 1.165) is 16.9 Å². The highest BCUT2D eigenvalue weighted by Gasteiger charge is 2.18. The third kappa shape index (κ3) is 4.41. The third-order valence-corrected chi connectivity index (χ3v) is 7.45. The first kappa shape index (κ1) is 21.3. The molecule has 31 heavy (non-hydrogen) atoms. The van der Waals surface area contributed by atoms with Crippen molar-refractivity contribution in [1.82, 2.24) is 4.57 Å². The quantitative estimate of drug-likeness (QED) is 0.410. The third-order valence-electron chi connectivity index (χ3n) is 4.76. The molecular weight excluding hydrogens is 456 g/mol. The van der Waals surface area contributed by atoms with Crippen molar-refractivity contribution in [2.24, 2.45) is 0 Å². The van der Waals surface area contributed by atoms with Crippen LogP contribution in [0.1, 0.15) is 22.8 Å². The summed E-state index contributed by atoms with van der Waals surface area (Å²) < 4.78 is 30.3. The Morgan fingerprint density at radius 3 is 2.58 bits per heavy atom. The van der Waals surface area contributed by atoms with Gasteiger partial charge in [0.15, 0.2) is 5.78 Å². The minimum absolute atomic E-state index is 0.0272. The lowest BCUT2D eigenvalue weighted by molar-refractivity contribution is 0.101. The van der Waals surface area contributed by atoms with Gasteiger partial charge in [0.05, 0.1) is 21.7 Å². The van der Waals surface area contributed by atoms with Gasteiger partial charge in [-0.15, -0.1) is 0 Å². The predicted molar refractivity (Wildman–Crippen MR) is 124 cm³/mol. The number of rotatable bonds is 6. The molecule has 6 nitrogen and oxygen atoms in total. The number of aromatic nitrogens is 1. The number of halogens is 1. The number of fused-ring (bicyclic) bond motifs is 1. The van der Waals surface area contributed by atoms with Crippen molar-refractivity contribution in [2.75, 3.05) is 4.72 Å². The molecule has 9 heteroatoms. The van der Waals surface area contributed by atoms with E-state index in [0.29, 0.717) is 27.3 Å². The van der Waals surface area contributed by atoms with Gasteiger partial charge in [0.25, 0.3) is 10.0 Å². The number of hydrogen-bond donors (Lipinski definition) is 1. The van der Waals surface area contributed by atoms with Crippen LogP contribution >= 0.6 is 22.9 Å². The van der Waals surface area contributed by atoms with Crippen molar-refractivity contribution < 1.29 is 13.2 Å². The van der Waals surface area contributed by atoms with Gasteiger partial charge in [-0.1, -0.05) is 53.3 Å². The van der Waals surface area contributed by atoms with Crippen molar-refractivity contribution in [3.05, 3.63) is 92.5 Å². The molecule has 0 aliphatic carbocycles. The minimum atomic E-state index is -3.90. The van der Waals surface area contributed by atoms with Crippen LogP contribution in [0.2, 0.25) is 5.02 Å². The van der Waals surface area contributed by atoms with E-state index in [1.54, 1.807) is 34.9 Å². The lowest BCUT2D eigenvalue weighted by atomic mass is 10.1. The second-order valence-corrected chi connectivity index (χ2v) is 10.0. The van der Waals surface area contributed by atoms with Gasteiger partial charge >= 0.3 is 4.87 Å². The predicted octanol–water partition coefficient (Wildman–Crippen LogP) is 4.77.